The molecular weight excluding hydrogens is 384 g/mol. The van der Waals surface area contributed by atoms with E-state index >= 15 is 0 Å². The predicted octanol–water partition coefficient (Wildman–Crippen LogP) is 2.17. The molecule has 2 aliphatic heterocycles. The number of piperazine rings is 2. The van der Waals surface area contributed by atoms with Gasteiger partial charge in [-0.05, 0) is 25.5 Å². The third kappa shape index (κ3) is 8.28. The van der Waals surface area contributed by atoms with Crippen molar-refractivity contribution in [3.05, 3.63) is 42.0 Å². The van der Waals surface area contributed by atoms with Gasteiger partial charge in [0.1, 0.15) is 0 Å². The van der Waals surface area contributed by atoms with Gasteiger partial charge < -0.3 is 20.0 Å². The van der Waals surface area contributed by atoms with Crippen LogP contribution in [-0.2, 0) is 0 Å². The maximum Gasteiger partial charge on any atom is 0.194 e. The zero-order valence-electron chi connectivity index (χ0n) is 19.8. The molecule has 1 aromatic rings. The first-order valence-electron chi connectivity index (χ1n) is 12.0. The molecule has 0 aliphatic carbocycles. The summed E-state index contributed by atoms with van der Waals surface area (Å²) in [5.74, 6) is 1.67. The standard InChI is InChI=1S/C25H42N6/c1-4-26-25(27-21-23(2)22-30-15-13-28(3)14-16-30)31-19-17-29(18-20-31)12-8-11-24-9-6-5-7-10-24/h5-11,23H,4,12-22H2,1-3H3,(H,26,27)/b11-8+. The normalized spacial score (nSPS) is 21.0. The Kier molecular flexibility index (Phi) is 9.85. The molecule has 31 heavy (non-hydrogen) atoms. The van der Waals surface area contributed by atoms with Gasteiger partial charge in [0.25, 0.3) is 0 Å². The number of hydrogen-bond acceptors (Lipinski definition) is 4. The third-order valence-electron chi connectivity index (χ3n) is 6.20. The lowest BCUT2D eigenvalue weighted by Gasteiger charge is -2.36. The Hall–Kier alpha value is -1.89. The van der Waals surface area contributed by atoms with E-state index in [0.29, 0.717) is 5.92 Å². The lowest BCUT2D eigenvalue weighted by molar-refractivity contribution is 0.140. The Morgan fingerprint density at radius 3 is 2.35 bits per heavy atom. The second-order valence-electron chi connectivity index (χ2n) is 9.00. The molecule has 0 radical (unpaired) electrons. The Balaban J connectivity index is 1.42. The number of guanidine groups is 1. The molecule has 1 aromatic carbocycles. The van der Waals surface area contributed by atoms with Crippen LogP contribution in [0.5, 0.6) is 0 Å². The van der Waals surface area contributed by atoms with E-state index in [1.54, 1.807) is 0 Å². The van der Waals surface area contributed by atoms with E-state index in [9.17, 15) is 0 Å². The molecule has 0 spiro atoms. The van der Waals surface area contributed by atoms with Crippen LogP contribution in [0, 0.1) is 5.92 Å². The molecule has 1 atom stereocenters. The van der Waals surface area contributed by atoms with Gasteiger partial charge in [-0.1, -0.05) is 49.4 Å². The number of likely N-dealkylation sites (N-methyl/N-ethyl adjacent to an activating group) is 1. The topological polar surface area (TPSA) is 37.4 Å². The Morgan fingerprint density at radius 2 is 1.68 bits per heavy atom. The quantitative estimate of drug-likeness (QED) is 0.509. The van der Waals surface area contributed by atoms with Crippen LogP contribution in [0.4, 0.5) is 0 Å². The van der Waals surface area contributed by atoms with Gasteiger partial charge in [0.15, 0.2) is 5.96 Å². The molecule has 2 saturated heterocycles. The van der Waals surface area contributed by atoms with Gasteiger partial charge in [-0.15, -0.1) is 0 Å². The average Bonchev–Trinajstić information content (AvgIpc) is 2.79. The van der Waals surface area contributed by atoms with Gasteiger partial charge in [-0.25, -0.2) is 0 Å². The van der Waals surface area contributed by atoms with Crippen molar-refractivity contribution >= 4 is 12.0 Å². The molecule has 2 fully saturated rings. The minimum Gasteiger partial charge on any atom is -0.357 e. The summed E-state index contributed by atoms with van der Waals surface area (Å²) in [6.45, 7) is 17.5. The smallest absolute Gasteiger partial charge is 0.194 e. The van der Waals surface area contributed by atoms with E-state index in [-0.39, 0.29) is 0 Å². The molecule has 172 valence electrons. The van der Waals surface area contributed by atoms with Crippen LogP contribution in [-0.4, -0.2) is 111 Å². The van der Waals surface area contributed by atoms with Crippen LogP contribution in [0.2, 0.25) is 0 Å². The van der Waals surface area contributed by atoms with Crippen molar-refractivity contribution in [2.75, 3.05) is 85.6 Å². The number of aliphatic imine (C=N–C) groups is 1. The molecule has 6 heteroatoms. The number of benzene rings is 1. The van der Waals surface area contributed by atoms with Gasteiger partial charge in [0.2, 0.25) is 0 Å². The van der Waals surface area contributed by atoms with E-state index in [2.05, 4.69) is 88.3 Å². The van der Waals surface area contributed by atoms with Crippen molar-refractivity contribution in [1.82, 2.24) is 24.9 Å². The fourth-order valence-corrected chi connectivity index (χ4v) is 4.24. The highest BCUT2D eigenvalue weighted by Gasteiger charge is 2.20. The Morgan fingerprint density at radius 1 is 1.00 bits per heavy atom. The molecule has 6 nitrogen and oxygen atoms in total. The number of nitrogens with one attached hydrogen (secondary N) is 1. The average molecular weight is 427 g/mol. The maximum atomic E-state index is 5.01. The molecule has 0 bridgehead atoms. The number of rotatable bonds is 8. The van der Waals surface area contributed by atoms with Crippen molar-refractivity contribution in [2.24, 2.45) is 10.9 Å². The summed E-state index contributed by atoms with van der Waals surface area (Å²) in [4.78, 5) is 15.0. The predicted molar refractivity (Wildman–Crippen MR) is 133 cm³/mol. The van der Waals surface area contributed by atoms with Gasteiger partial charge in [-0.2, -0.15) is 0 Å². The minimum absolute atomic E-state index is 0.585. The summed E-state index contributed by atoms with van der Waals surface area (Å²) >= 11 is 0. The first-order valence-corrected chi connectivity index (χ1v) is 12.0. The lowest BCUT2D eigenvalue weighted by atomic mass is 10.1. The Labute approximate surface area is 189 Å². The van der Waals surface area contributed by atoms with Crippen molar-refractivity contribution < 1.29 is 0 Å². The monoisotopic (exact) mass is 426 g/mol. The summed E-state index contributed by atoms with van der Waals surface area (Å²) in [5, 5.41) is 3.52. The first-order chi connectivity index (χ1) is 15.1. The summed E-state index contributed by atoms with van der Waals surface area (Å²) in [7, 11) is 2.22. The van der Waals surface area contributed by atoms with Gasteiger partial charge >= 0.3 is 0 Å². The van der Waals surface area contributed by atoms with Crippen LogP contribution >= 0.6 is 0 Å². The lowest BCUT2D eigenvalue weighted by Crippen LogP contribution is -2.52. The van der Waals surface area contributed by atoms with E-state index in [1.807, 2.05) is 0 Å². The molecule has 1 N–H and O–H groups in total. The third-order valence-corrected chi connectivity index (χ3v) is 6.20. The maximum absolute atomic E-state index is 5.01. The highest BCUT2D eigenvalue weighted by Crippen LogP contribution is 2.08. The Bertz CT molecular complexity index is 673. The largest absolute Gasteiger partial charge is 0.357 e. The summed E-state index contributed by atoms with van der Waals surface area (Å²) in [6.07, 6.45) is 4.50. The van der Waals surface area contributed by atoms with Crippen molar-refractivity contribution in [2.45, 2.75) is 13.8 Å². The second kappa shape index (κ2) is 12.8. The fourth-order valence-electron chi connectivity index (χ4n) is 4.24. The zero-order valence-corrected chi connectivity index (χ0v) is 19.8. The van der Waals surface area contributed by atoms with Gasteiger partial charge in [0.05, 0.1) is 0 Å². The van der Waals surface area contributed by atoms with Crippen LogP contribution in [0.1, 0.15) is 19.4 Å². The van der Waals surface area contributed by atoms with Crippen molar-refractivity contribution in [3.63, 3.8) is 0 Å². The fraction of sp³-hybridized carbons (Fsp3) is 0.640. The summed E-state index contributed by atoms with van der Waals surface area (Å²) in [6, 6.07) is 10.5. The molecule has 2 heterocycles. The first kappa shape index (κ1) is 23.8. The van der Waals surface area contributed by atoms with Crippen molar-refractivity contribution in [1.29, 1.82) is 0 Å². The zero-order chi connectivity index (χ0) is 21.9. The highest BCUT2D eigenvalue weighted by atomic mass is 15.3. The van der Waals surface area contributed by atoms with Crippen LogP contribution in [0.25, 0.3) is 6.08 Å². The van der Waals surface area contributed by atoms with Crippen LogP contribution in [0.3, 0.4) is 0 Å². The minimum atomic E-state index is 0.585. The van der Waals surface area contributed by atoms with Crippen LogP contribution in [0.15, 0.2) is 41.4 Å². The molecule has 2 aliphatic rings. The second-order valence-corrected chi connectivity index (χ2v) is 9.00. The summed E-state index contributed by atoms with van der Waals surface area (Å²) < 4.78 is 0. The van der Waals surface area contributed by atoms with E-state index < -0.39 is 0 Å². The van der Waals surface area contributed by atoms with Crippen LogP contribution < -0.4 is 5.32 Å². The number of nitrogens with zero attached hydrogens (tertiary/aromatic N) is 5. The molecule has 0 saturated carbocycles. The summed E-state index contributed by atoms with van der Waals surface area (Å²) in [5.41, 5.74) is 1.27. The molecular formula is C25H42N6. The van der Waals surface area contributed by atoms with Crippen molar-refractivity contribution in [3.8, 4) is 0 Å². The number of hydrogen-bond donors (Lipinski definition) is 1. The molecule has 3 rings (SSSR count). The molecule has 1 unspecified atom stereocenters. The van der Waals surface area contributed by atoms with Gasteiger partial charge in [-0.3, -0.25) is 9.89 Å². The molecule has 0 aromatic heterocycles. The molecule has 0 amide bonds. The van der Waals surface area contributed by atoms with E-state index in [0.717, 1.165) is 58.3 Å². The van der Waals surface area contributed by atoms with E-state index in [4.69, 9.17) is 4.99 Å². The van der Waals surface area contributed by atoms with Gasteiger partial charge in [0, 0.05) is 78.5 Å². The highest BCUT2D eigenvalue weighted by molar-refractivity contribution is 5.80. The van der Waals surface area contributed by atoms with E-state index in [1.165, 1.54) is 31.7 Å². The SMILES string of the molecule is CCNC(=NCC(C)CN1CCN(C)CC1)N1CCN(C/C=C/c2ccccc2)CC1.